The summed E-state index contributed by atoms with van der Waals surface area (Å²) in [5.41, 5.74) is 0.132. The molecule has 1 N–H and O–H groups in total. The van der Waals surface area contributed by atoms with Gasteiger partial charge in [0, 0.05) is 19.2 Å². The minimum Gasteiger partial charge on any atom is -0.377 e. The van der Waals surface area contributed by atoms with Crippen molar-refractivity contribution in [2.75, 3.05) is 13.7 Å². The lowest BCUT2D eigenvalue weighted by atomic mass is 9.88. The van der Waals surface area contributed by atoms with E-state index in [1.807, 2.05) is 13.8 Å². The summed E-state index contributed by atoms with van der Waals surface area (Å²) in [7, 11) is 1.67. The van der Waals surface area contributed by atoms with Gasteiger partial charge in [-0.05, 0) is 44.4 Å². The van der Waals surface area contributed by atoms with Crippen LogP contribution in [0.25, 0.3) is 0 Å². The molecule has 0 amide bonds. The molecule has 0 aliphatic rings. The molecule has 2 atom stereocenters. The zero-order valence-corrected chi connectivity index (χ0v) is 12.8. The highest BCUT2D eigenvalue weighted by molar-refractivity contribution is 5.20. The van der Waals surface area contributed by atoms with Gasteiger partial charge >= 0.3 is 0 Å². The molecule has 0 bridgehead atoms. The smallest absolute Gasteiger partial charge is 0.129 e. The monoisotopic (exact) mass is 285 g/mol. The van der Waals surface area contributed by atoms with Gasteiger partial charge in [0.1, 0.15) is 11.6 Å². The third-order valence-corrected chi connectivity index (χ3v) is 3.99. The molecule has 1 rings (SSSR count). The summed E-state index contributed by atoms with van der Waals surface area (Å²) in [6.45, 7) is 6.98. The van der Waals surface area contributed by atoms with Gasteiger partial charge in [0.2, 0.25) is 0 Å². The average molecular weight is 285 g/mol. The zero-order valence-electron chi connectivity index (χ0n) is 12.8. The third-order valence-electron chi connectivity index (χ3n) is 3.99. The van der Waals surface area contributed by atoms with Crippen molar-refractivity contribution in [3.8, 4) is 0 Å². The summed E-state index contributed by atoms with van der Waals surface area (Å²) in [5, 5.41) is 3.42. The Labute approximate surface area is 120 Å². The molecule has 2 nitrogen and oxygen atoms in total. The number of nitrogens with one attached hydrogen (secondary N) is 1. The van der Waals surface area contributed by atoms with E-state index in [4.69, 9.17) is 4.74 Å². The van der Waals surface area contributed by atoms with Crippen molar-refractivity contribution >= 4 is 0 Å². The summed E-state index contributed by atoms with van der Waals surface area (Å²) in [5.74, 6) is -1.04. The largest absolute Gasteiger partial charge is 0.377 e. The molecule has 114 valence electrons. The van der Waals surface area contributed by atoms with Gasteiger partial charge in [-0.15, -0.1) is 0 Å². The van der Waals surface area contributed by atoms with Gasteiger partial charge in [-0.25, -0.2) is 8.78 Å². The Bertz CT molecular complexity index is 419. The van der Waals surface area contributed by atoms with Gasteiger partial charge in [0.25, 0.3) is 0 Å². The maximum Gasteiger partial charge on any atom is 0.129 e. The van der Waals surface area contributed by atoms with Gasteiger partial charge in [-0.2, -0.15) is 0 Å². The molecule has 2 unspecified atom stereocenters. The Hall–Kier alpha value is -1.00. The van der Waals surface area contributed by atoms with Crippen molar-refractivity contribution in [1.29, 1.82) is 0 Å². The summed E-state index contributed by atoms with van der Waals surface area (Å²) >= 11 is 0. The van der Waals surface area contributed by atoms with E-state index in [1.165, 1.54) is 12.1 Å². The van der Waals surface area contributed by atoms with E-state index in [9.17, 15) is 8.78 Å². The lowest BCUT2D eigenvalue weighted by molar-refractivity contribution is -0.0288. The van der Waals surface area contributed by atoms with Gasteiger partial charge in [0.15, 0.2) is 0 Å². The van der Waals surface area contributed by atoms with Gasteiger partial charge in [0.05, 0.1) is 5.60 Å². The van der Waals surface area contributed by atoms with E-state index in [-0.39, 0.29) is 11.6 Å². The lowest BCUT2D eigenvalue weighted by Gasteiger charge is -2.36. The molecule has 0 aliphatic carbocycles. The normalized spacial score (nSPS) is 15.9. The fraction of sp³-hybridized carbons (Fsp3) is 0.625. The number of ether oxygens (including phenoxy) is 1. The molecule has 0 aliphatic heterocycles. The summed E-state index contributed by atoms with van der Waals surface area (Å²) in [6, 6.07) is 3.72. The van der Waals surface area contributed by atoms with Crippen molar-refractivity contribution in [3.05, 3.63) is 35.4 Å². The van der Waals surface area contributed by atoms with Crippen molar-refractivity contribution in [2.24, 2.45) is 0 Å². The second-order valence-electron chi connectivity index (χ2n) is 5.32. The Kier molecular flexibility index (Phi) is 6.56. The first kappa shape index (κ1) is 17.1. The maximum atomic E-state index is 13.8. The first-order chi connectivity index (χ1) is 9.46. The topological polar surface area (TPSA) is 21.3 Å². The van der Waals surface area contributed by atoms with Crippen LogP contribution in [-0.4, -0.2) is 25.3 Å². The third kappa shape index (κ3) is 4.25. The fourth-order valence-corrected chi connectivity index (χ4v) is 2.26. The SMILES string of the molecule is CCCNC(Cc1ccc(F)cc1F)C(C)(CC)OC. The van der Waals surface area contributed by atoms with E-state index in [0.717, 1.165) is 25.5 Å². The Balaban J connectivity index is 2.94. The molecule has 20 heavy (non-hydrogen) atoms. The number of halogens is 2. The van der Waals surface area contributed by atoms with Crippen LogP contribution in [0.3, 0.4) is 0 Å². The van der Waals surface area contributed by atoms with Crippen LogP contribution >= 0.6 is 0 Å². The second kappa shape index (κ2) is 7.70. The average Bonchev–Trinajstić information content (AvgIpc) is 2.44. The van der Waals surface area contributed by atoms with Gasteiger partial charge < -0.3 is 10.1 Å². The molecular formula is C16H25F2NO. The van der Waals surface area contributed by atoms with Gasteiger partial charge in [-0.1, -0.05) is 19.9 Å². The summed E-state index contributed by atoms with van der Waals surface area (Å²) in [6.07, 6.45) is 2.28. The molecule has 0 radical (unpaired) electrons. The minimum absolute atomic E-state index is 0.0163. The fourth-order valence-electron chi connectivity index (χ4n) is 2.26. The van der Waals surface area contributed by atoms with E-state index in [0.29, 0.717) is 12.0 Å². The lowest BCUT2D eigenvalue weighted by Crippen LogP contribution is -2.51. The molecule has 0 spiro atoms. The van der Waals surface area contributed by atoms with Crippen LogP contribution < -0.4 is 5.32 Å². The van der Waals surface area contributed by atoms with E-state index < -0.39 is 11.6 Å². The first-order valence-electron chi connectivity index (χ1n) is 7.19. The molecule has 0 heterocycles. The van der Waals surface area contributed by atoms with Crippen LogP contribution in [-0.2, 0) is 11.2 Å². The van der Waals surface area contributed by atoms with Crippen molar-refractivity contribution in [2.45, 2.75) is 51.7 Å². The van der Waals surface area contributed by atoms with Crippen LogP contribution in [0.1, 0.15) is 39.2 Å². The van der Waals surface area contributed by atoms with Crippen molar-refractivity contribution in [1.82, 2.24) is 5.32 Å². The van der Waals surface area contributed by atoms with E-state index in [1.54, 1.807) is 7.11 Å². The molecular weight excluding hydrogens is 260 g/mol. The maximum absolute atomic E-state index is 13.8. The molecule has 0 saturated heterocycles. The van der Waals surface area contributed by atoms with Crippen LogP contribution in [0.15, 0.2) is 18.2 Å². The summed E-state index contributed by atoms with van der Waals surface area (Å²) < 4.78 is 32.4. The van der Waals surface area contributed by atoms with Crippen molar-refractivity contribution in [3.63, 3.8) is 0 Å². The van der Waals surface area contributed by atoms with E-state index in [2.05, 4.69) is 12.2 Å². The Morgan fingerprint density at radius 1 is 1.30 bits per heavy atom. The van der Waals surface area contributed by atoms with Crippen LogP contribution in [0, 0.1) is 11.6 Å². The molecule has 0 aromatic heterocycles. The quantitative estimate of drug-likeness (QED) is 0.786. The number of rotatable bonds is 8. The Morgan fingerprint density at radius 2 is 2.00 bits per heavy atom. The standard InChI is InChI=1S/C16H25F2NO/c1-5-9-19-15(16(3,6-2)20-4)10-12-7-8-13(17)11-14(12)18/h7-8,11,15,19H,5-6,9-10H2,1-4H3. The highest BCUT2D eigenvalue weighted by Gasteiger charge is 2.32. The number of benzene rings is 1. The van der Waals surface area contributed by atoms with Gasteiger partial charge in [-0.3, -0.25) is 0 Å². The molecule has 1 aromatic carbocycles. The van der Waals surface area contributed by atoms with Crippen molar-refractivity contribution < 1.29 is 13.5 Å². The predicted octanol–water partition coefficient (Wildman–Crippen LogP) is 3.69. The number of hydrogen-bond donors (Lipinski definition) is 1. The highest BCUT2D eigenvalue weighted by Crippen LogP contribution is 2.23. The second-order valence-corrected chi connectivity index (χ2v) is 5.32. The number of methoxy groups -OCH3 is 1. The number of hydrogen-bond acceptors (Lipinski definition) is 2. The zero-order chi connectivity index (χ0) is 15.2. The predicted molar refractivity (Wildman–Crippen MR) is 77.8 cm³/mol. The molecule has 1 aromatic rings. The minimum atomic E-state index is -0.547. The highest BCUT2D eigenvalue weighted by atomic mass is 19.1. The summed E-state index contributed by atoms with van der Waals surface area (Å²) in [4.78, 5) is 0. The van der Waals surface area contributed by atoms with Crippen LogP contribution in [0.5, 0.6) is 0 Å². The van der Waals surface area contributed by atoms with Crippen LogP contribution in [0.4, 0.5) is 8.78 Å². The Morgan fingerprint density at radius 3 is 2.50 bits per heavy atom. The molecule has 0 saturated carbocycles. The molecule has 4 heteroatoms. The van der Waals surface area contributed by atoms with Crippen LogP contribution in [0.2, 0.25) is 0 Å². The van der Waals surface area contributed by atoms with E-state index >= 15 is 0 Å². The first-order valence-corrected chi connectivity index (χ1v) is 7.19. The molecule has 0 fully saturated rings.